The van der Waals surface area contributed by atoms with Gasteiger partial charge >= 0.3 is 105 Å². The molecule has 2 heterocycles. The Morgan fingerprint density at radius 1 is 0.529 bits per heavy atom. The van der Waals surface area contributed by atoms with Gasteiger partial charge in [-0.25, -0.2) is 0 Å². The number of rotatable bonds is 0. The molecular weight excluding hydrogens is 265 g/mol. The van der Waals surface area contributed by atoms with Gasteiger partial charge < -0.3 is 0 Å². The van der Waals surface area contributed by atoms with E-state index in [1.165, 1.54) is 21.0 Å². The first-order chi connectivity index (χ1) is 8.35. The van der Waals surface area contributed by atoms with E-state index in [1.54, 1.807) is 22.3 Å². The van der Waals surface area contributed by atoms with Crippen molar-refractivity contribution in [3.05, 3.63) is 70.8 Å². The summed E-state index contributed by atoms with van der Waals surface area (Å²) in [6.45, 7) is 0. The number of hydrogen-bond donors (Lipinski definition) is 0. The molecule has 0 radical (unpaired) electrons. The number of fused-ring (bicyclic) bond motifs is 2. The van der Waals surface area contributed by atoms with E-state index < -0.39 is 13.3 Å². The van der Waals surface area contributed by atoms with Crippen LogP contribution < -0.4 is 0 Å². The van der Waals surface area contributed by atoms with Gasteiger partial charge in [-0.2, -0.15) is 0 Å². The summed E-state index contributed by atoms with van der Waals surface area (Å²) in [5.74, 6) is 0. The van der Waals surface area contributed by atoms with Crippen molar-refractivity contribution in [2.24, 2.45) is 0 Å². The van der Waals surface area contributed by atoms with Crippen molar-refractivity contribution < 1.29 is 0 Å². The van der Waals surface area contributed by atoms with E-state index in [0.29, 0.717) is 0 Å². The predicted molar refractivity (Wildman–Crippen MR) is 73.5 cm³/mol. The van der Waals surface area contributed by atoms with E-state index in [-0.39, 0.29) is 0 Å². The van der Waals surface area contributed by atoms with Gasteiger partial charge in [0.25, 0.3) is 0 Å². The fourth-order valence-corrected chi connectivity index (χ4v) is 15.0. The topological polar surface area (TPSA) is 0 Å². The Bertz CT molecular complexity index is 479. The fourth-order valence-electron chi connectivity index (χ4n) is 3.80. The van der Waals surface area contributed by atoms with Gasteiger partial charge in [-0.05, 0) is 0 Å². The SMILES string of the molecule is c1ccc2c(c1)[CH2][Ge]1([CH2]2)[CH2]c2ccccc2[CH2]1. The Morgan fingerprint density at radius 2 is 0.824 bits per heavy atom. The molecule has 84 valence electrons. The molecule has 0 amide bonds. The molecule has 1 heteroatoms. The van der Waals surface area contributed by atoms with Gasteiger partial charge in [0.2, 0.25) is 0 Å². The van der Waals surface area contributed by atoms with Gasteiger partial charge in [0, 0.05) is 0 Å². The van der Waals surface area contributed by atoms with Crippen molar-refractivity contribution in [2.75, 3.05) is 0 Å². The van der Waals surface area contributed by atoms with Crippen LogP contribution in [0, 0.1) is 0 Å². The number of benzene rings is 2. The maximum absolute atomic E-state index is 2.36. The van der Waals surface area contributed by atoms with Gasteiger partial charge in [0.15, 0.2) is 0 Å². The Morgan fingerprint density at radius 3 is 1.12 bits per heavy atom. The third kappa shape index (κ3) is 1.50. The average molecular weight is 281 g/mol. The molecule has 0 bridgehead atoms. The van der Waals surface area contributed by atoms with Crippen LogP contribution in [0.4, 0.5) is 0 Å². The summed E-state index contributed by atoms with van der Waals surface area (Å²) in [7, 11) is 0. The third-order valence-corrected chi connectivity index (χ3v) is 14.0. The molecule has 0 nitrogen and oxygen atoms in total. The molecular formula is C16H16Ge. The molecule has 0 unspecified atom stereocenters. The Kier molecular flexibility index (Phi) is 2.04. The van der Waals surface area contributed by atoms with Gasteiger partial charge in [-0.1, -0.05) is 0 Å². The van der Waals surface area contributed by atoms with Crippen LogP contribution in [0.15, 0.2) is 48.5 Å². The molecule has 0 saturated carbocycles. The molecule has 0 aromatic heterocycles. The molecule has 2 aromatic carbocycles. The van der Waals surface area contributed by atoms with Crippen molar-refractivity contribution in [3.63, 3.8) is 0 Å². The Labute approximate surface area is 105 Å². The summed E-state index contributed by atoms with van der Waals surface area (Å²) in [5, 5.41) is 5.85. The summed E-state index contributed by atoms with van der Waals surface area (Å²) >= 11 is -1.63. The summed E-state index contributed by atoms with van der Waals surface area (Å²) in [4.78, 5) is 0. The van der Waals surface area contributed by atoms with Crippen molar-refractivity contribution in [1.82, 2.24) is 0 Å². The van der Waals surface area contributed by atoms with Crippen molar-refractivity contribution in [2.45, 2.75) is 21.0 Å². The van der Waals surface area contributed by atoms with Crippen LogP contribution in [0.3, 0.4) is 0 Å². The zero-order chi connectivity index (χ0) is 11.3. The third-order valence-electron chi connectivity index (χ3n) is 4.50. The second-order valence-electron chi connectivity index (χ2n) is 5.74. The Hall–Kier alpha value is -1.02. The molecule has 2 aliphatic heterocycles. The first-order valence-corrected chi connectivity index (χ1v) is 12.4. The molecule has 0 fully saturated rings. The standard InChI is InChI=1S/C16H16Ge/c1-2-6-14-10-17(9-13(14)5-1)11-15-7-3-4-8-16(15)12-17/h1-8H,9-12H2. The van der Waals surface area contributed by atoms with Crippen LogP contribution in [0.25, 0.3) is 0 Å². The molecule has 17 heavy (non-hydrogen) atoms. The predicted octanol–water partition coefficient (Wildman–Crippen LogP) is 3.19. The zero-order valence-electron chi connectivity index (χ0n) is 9.95. The first kappa shape index (κ1) is 9.96. The van der Waals surface area contributed by atoms with Crippen LogP contribution in [0.5, 0.6) is 0 Å². The van der Waals surface area contributed by atoms with Crippen LogP contribution in [-0.2, 0) is 21.0 Å². The van der Waals surface area contributed by atoms with Crippen molar-refractivity contribution in [1.29, 1.82) is 0 Å². The second-order valence-corrected chi connectivity index (χ2v) is 15.0. The summed E-state index contributed by atoms with van der Waals surface area (Å²) in [6.07, 6.45) is 0. The average Bonchev–Trinajstić information content (AvgIpc) is 2.87. The summed E-state index contributed by atoms with van der Waals surface area (Å²) < 4.78 is 0. The minimum atomic E-state index is -1.63. The van der Waals surface area contributed by atoms with E-state index in [4.69, 9.17) is 0 Å². The van der Waals surface area contributed by atoms with Crippen molar-refractivity contribution >= 4 is 13.3 Å². The fraction of sp³-hybridized carbons (Fsp3) is 0.250. The van der Waals surface area contributed by atoms with Crippen LogP contribution in [-0.4, -0.2) is 13.3 Å². The maximum atomic E-state index is 2.36. The van der Waals surface area contributed by atoms with E-state index >= 15 is 0 Å². The second kappa shape index (κ2) is 3.49. The van der Waals surface area contributed by atoms with E-state index in [0.717, 1.165) is 0 Å². The molecule has 0 atom stereocenters. The van der Waals surface area contributed by atoms with Gasteiger partial charge in [-0.15, -0.1) is 0 Å². The quantitative estimate of drug-likeness (QED) is 0.650. The monoisotopic (exact) mass is 282 g/mol. The molecule has 2 aliphatic rings. The van der Waals surface area contributed by atoms with E-state index in [1.807, 2.05) is 0 Å². The first-order valence-electron chi connectivity index (χ1n) is 6.48. The van der Waals surface area contributed by atoms with Crippen LogP contribution >= 0.6 is 0 Å². The van der Waals surface area contributed by atoms with E-state index in [2.05, 4.69) is 48.5 Å². The van der Waals surface area contributed by atoms with Crippen molar-refractivity contribution in [3.8, 4) is 0 Å². The normalized spacial score (nSPS) is 19.3. The van der Waals surface area contributed by atoms with Crippen LogP contribution in [0.2, 0.25) is 0 Å². The van der Waals surface area contributed by atoms with E-state index in [9.17, 15) is 0 Å². The Balaban J connectivity index is 1.72. The summed E-state index contributed by atoms with van der Waals surface area (Å²) in [5.41, 5.74) is 6.67. The minimum absolute atomic E-state index is 1.46. The molecule has 2 aromatic rings. The number of hydrogen-bond acceptors (Lipinski definition) is 0. The van der Waals surface area contributed by atoms with Gasteiger partial charge in [0.05, 0.1) is 0 Å². The summed E-state index contributed by atoms with van der Waals surface area (Å²) in [6, 6.07) is 18.3. The van der Waals surface area contributed by atoms with Gasteiger partial charge in [0.1, 0.15) is 0 Å². The molecule has 1 spiro atoms. The van der Waals surface area contributed by atoms with Crippen LogP contribution in [0.1, 0.15) is 22.3 Å². The molecule has 0 N–H and O–H groups in total. The van der Waals surface area contributed by atoms with Gasteiger partial charge in [-0.3, -0.25) is 0 Å². The molecule has 0 aliphatic carbocycles. The zero-order valence-corrected chi connectivity index (χ0v) is 12.0. The molecule has 4 rings (SSSR count). The molecule has 0 saturated heterocycles.